The van der Waals surface area contributed by atoms with Crippen molar-refractivity contribution in [1.82, 2.24) is 25.3 Å². The van der Waals surface area contributed by atoms with E-state index in [-0.39, 0.29) is 47.6 Å². The van der Waals surface area contributed by atoms with E-state index in [0.717, 1.165) is 86.9 Å². The topological polar surface area (TPSA) is 208 Å². The average molecular weight is 916 g/mol. The summed E-state index contributed by atoms with van der Waals surface area (Å²) in [5.41, 5.74) is 14.4. The van der Waals surface area contributed by atoms with Crippen LogP contribution in [0, 0.1) is 22.7 Å². The van der Waals surface area contributed by atoms with Gasteiger partial charge in [0.2, 0.25) is 11.2 Å². The summed E-state index contributed by atoms with van der Waals surface area (Å²) < 4.78 is 11.5. The lowest BCUT2D eigenvalue weighted by Gasteiger charge is -2.38. The first-order valence-corrected chi connectivity index (χ1v) is 22.6. The second-order valence-corrected chi connectivity index (χ2v) is 17.1. The number of rotatable bonds is 11. The monoisotopic (exact) mass is 915 g/mol. The number of nitrogens with zero attached hydrogens (tertiary/aromatic N) is 8. The number of ether oxygens (including phenoxy) is 2. The molecule has 0 saturated carbocycles. The Bertz CT molecular complexity index is 2730. The number of hydrogen-bond acceptors (Lipinski definition) is 14. The summed E-state index contributed by atoms with van der Waals surface area (Å²) in [7, 11) is 0. The van der Waals surface area contributed by atoms with Crippen LogP contribution >= 0.6 is 11.6 Å². The summed E-state index contributed by atoms with van der Waals surface area (Å²) >= 11 is 5.73. The molecule has 4 aliphatic heterocycles. The first kappa shape index (κ1) is 46.1. The minimum Gasteiger partial charge on any atom is -0.399 e. The SMILES string of the molecule is N#CCCC(=O)c1ccc(-c2ccnc(Cl)n2)cc1.N#CCNC(=O)c1ccc(-c2ccnc(Nc3ccc(N4CC[C@@]5(CCO5)C4)cc3)n2)cc1.Nc1ccc(N2CC[C@@]3(CCO3)C2)cc1. The average Bonchev–Trinajstić information content (AvgIpc) is 4.02. The third-order valence-electron chi connectivity index (χ3n) is 12.3. The third-order valence-corrected chi connectivity index (χ3v) is 12.5. The van der Waals surface area contributed by atoms with Gasteiger partial charge in [-0.2, -0.15) is 10.5 Å². The van der Waals surface area contributed by atoms with Crippen LogP contribution in [0.25, 0.3) is 22.5 Å². The van der Waals surface area contributed by atoms with E-state index < -0.39 is 0 Å². The highest BCUT2D eigenvalue weighted by Gasteiger charge is 2.45. The molecule has 0 bridgehead atoms. The summed E-state index contributed by atoms with van der Waals surface area (Å²) in [6, 6.07) is 38.0. The number of hydrogen-bond donors (Lipinski definition) is 3. The standard InChI is InChI=1S/C25H24N6O2.C14H10ClN3O.C12H16N2O/c26-12-14-27-23(32)19-3-1-18(2-4-19)22-9-13-28-24(30-22)29-20-5-7-21(8-6-20)31-15-10-25(17-31)11-16-33-25;15-14-17-9-7-12(18-14)10-3-5-11(6-4-10)13(19)2-1-8-16;13-10-1-3-11(4-2-10)14-7-5-12(9-14)6-8-15-12/h1-9,13H,10-11,14-17H2,(H,27,32)(H,28,29,30);3-7,9H,1-2H2;1-4H,5-9,13H2/t25-;;12-/m1.1/s1. The zero-order valence-electron chi connectivity index (χ0n) is 36.9. The molecule has 67 heavy (non-hydrogen) atoms. The largest absolute Gasteiger partial charge is 0.399 e. The molecule has 0 aliphatic carbocycles. The van der Waals surface area contributed by atoms with Crippen LogP contribution in [0.1, 0.15) is 59.2 Å². The highest BCUT2D eigenvalue weighted by Crippen LogP contribution is 2.39. The number of nitrogens with two attached hydrogens (primary N) is 1. The normalized spacial score (nSPS) is 18.8. The summed E-state index contributed by atoms with van der Waals surface area (Å²) in [4.78, 5) is 45.3. The van der Waals surface area contributed by atoms with Gasteiger partial charge in [-0.25, -0.2) is 19.9 Å². The molecule has 4 fully saturated rings. The van der Waals surface area contributed by atoms with E-state index in [9.17, 15) is 9.59 Å². The number of halogens is 1. The fourth-order valence-corrected chi connectivity index (χ4v) is 8.50. The number of anilines is 5. The van der Waals surface area contributed by atoms with Crippen LogP contribution in [0.5, 0.6) is 0 Å². The molecule has 0 unspecified atom stereocenters. The Morgan fingerprint density at radius 1 is 0.687 bits per heavy atom. The first-order chi connectivity index (χ1) is 32.6. The molecule has 4 saturated heterocycles. The highest BCUT2D eigenvalue weighted by atomic mass is 35.5. The molecule has 6 heterocycles. The van der Waals surface area contributed by atoms with Crippen LogP contribution in [0.2, 0.25) is 5.28 Å². The summed E-state index contributed by atoms with van der Waals surface area (Å²) in [5.74, 6) is 0.189. The van der Waals surface area contributed by atoms with Crippen molar-refractivity contribution in [1.29, 1.82) is 10.5 Å². The molecule has 10 rings (SSSR count). The van der Waals surface area contributed by atoms with Crippen molar-refractivity contribution < 1.29 is 19.1 Å². The van der Waals surface area contributed by atoms with Crippen molar-refractivity contribution in [3.63, 3.8) is 0 Å². The van der Waals surface area contributed by atoms with E-state index in [4.69, 9.17) is 37.3 Å². The molecule has 16 heteroatoms. The van der Waals surface area contributed by atoms with Gasteiger partial charge in [0, 0.05) is 109 Å². The molecular weight excluding hydrogens is 866 g/mol. The zero-order chi connectivity index (χ0) is 46.6. The maximum atomic E-state index is 12.0. The summed E-state index contributed by atoms with van der Waals surface area (Å²) in [6.45, 7) is 5.93. The van der Waals surface area contributed by atoms with Gasteiger partial charge in [0.25, 0.3) is 5.91 Å². The van der Waals surface area contributed by atoms with Gasteiger partial charge < -0.3 is 35.6 Å². The second-order valence-electron chi connectivity index (χ2n) is 16.7. The molecule has 2 aromatic heterocycles. The van der Waals surface area contributed by atoms with E-state index in [1.54, 1.807) is 54.9 Å². The predicted molar refractivity (Wildman–Crippen MR) is 258 cm³/mol. The van der Waals surface area contributed by atoms with Crippen molar-refractivity contribution in [3.05, 3.63) is 138 Å². The minimum atomic E-state index is -0.277. The van der Waals surface area contributed by atoms with E-state index >= 15 is 0 Å². The van der Waals surface area contributed by atoms with Gasteiger partial charge in [0.15, 0.2) is 5.78 Å². The lowest BCUT2D eigenvalue weighted by molar-refractivity contribution is -0.131. The van der Waals surface area contributed by atoms with E-state index in [0.29, 0.717) is 22.8 Å². The molecule has 1 amide bonds. The number of nitrogen functional groups attached to an aromatic ring is 1. The lowest BCUT2D eigenvalue weighted by Crippen LogP contribution is -2.45. The Hall–Kier alpha value is -7.43. The smallest absolute Gasteiger partial charge is 0.252 e. The van der Waals surface area contributed by atoms with Crippen molar-refractivity contribution >= 4 is 52.0 Å². The number of nitriles is 2. The van der Waals surface area contributed by atoms with E-state index in [1.807, 2.05) is 54.6 Å². The number of carbonyl (C=O) groups excluding carboxylic acids is 2. The Kier molecular flexibility index (Phi) is 14.6. The van der Waals surface area contributed by atoms with Crippen LogP contribution in [-0.2, 0) is 9.47 Å². The fraction of sp³-hybridized carbons (Fsp3) is 0.294. The second kappa shape index (κ2) is 21.3. The third kappa shape index (κ3) is 11.7. The molecule has 2 atom stereocenters. The number of benzene rings is 4. The molecule has 4 aliphatic rings. The Labute approximate surface area is 394 Å². The molecule has 340 valence electrons. The maximum absolute atomic E-state index is 12.0. The number of nitrogens with one attached hydrogen (secondary N) is 2. The van der Waals surface area contributed by atoms with Crippen LogP contribution in [0.4, 0.5) is 28.7 Å². The predicted octanol–water partition coefficient (Wildman–Crippen LogP) is 8.43. The summed E-state index contributed by atoms with van der Waals surface area (Å²) in [6.07, 6.45) is 8.41. The quantitative estimate of drug-likeness (QED) is 0.0483. The van der Waals surface area contributed by atoms with Gasteiger partial charge >= 0.3 is 0 Å². The molecule has 15 nitrogen and oxygen atoms in total. The molecule has 0 radical (unpaired) electrons. The van der Waals surface area contributed by atoms with Crippen molar-refractivity contribution in [2.75, 3.05) is 66.8 Å². The number of Topliss-reactive ketones (excluding diaryl/α,β-unsaturated/α-hetero) is 1. The van der Waals surface area contributed by atoms with E-state index in [1.165, 1.54) is 17.8 Å². The fourth-order valence-electron chi connectivity index (χ4n) is 8.36. The van der Waals surface area contributed by atoms with Gasteiger partial charge in [-0.1, -0.05) is 36.4 Å². The van der Waals surface area contributed by atoms with Crippen molar-refractivity contribution in [3.8, 4) is 34.7 Å². The number of ketones is 1. The Morgan fingerprint density at radius 3 is 1.73 bits per heavy atom. The van der Waals surface area contributed by atoms with Gasteiger partial charge in [-0.3, -0.25) is 9.59 Å². The van der Waals surface area contributed by atoms with Crippen LogP contribution in [0.15, 0.2) is 122 Å². The Balaban J connectivity index is 0.000000151. The number of aromatic nitrogens is 4. The van der Waals surface area contributed by atoms with Crippen LogP contribution < -0.4 is 26.2 Å². The van der Waals surface area contributed by atoms with Crippen LogP contribution in [0.3, 0.4) is 0 Å². The number of amides is 1. The zero-order valence-corrected chi connectivity index (χ0v) is 37.7. The van der Waals surface area contributed by atoms with Gasteiger partial charge in [0.05, 0.1) is 47.9 Å². The summed E-state index contributed by atoms with van der Waals surface area (Å²) in [5, 5.41) is 23.0. The lowest BCUT2D eigenvalue weighted by atomic mass is 9.94. The molecule has 6 aromatic rings. The van der Waals surface area contributed by atoms with Gasteiger partial charge in [-0.05, 0) is 97.2 Å². The molecule has 4 aromatic carbocycles. The maximum Gasteiger partial charge on any atom is 0.252 e. The molecular formula is C51H50ClN11O4. The first-order valence-electron chi connectivity index (χ1n) is 22.2. The minimum absolute atomic E-state index is 0.0181. The molecule has 2 spiro atoms. The van der Waals surface area contributed by atoms with Gasteiger partial charge in [0.1, 0.15) is 6.54 Å². The van der Waals surface area contributed by atoms with Gasteiger partial charge in [-0.15, -0.1) is 0 Å². The van der Waals surface area contributed by atoms with Crippen molar-refractivity contribution in [2.45, 2.75) is 49.7 Å². The number of carbonyl (C=O) groups is 2. The van der Waals surface area contributed by atoms with Crippen LogP contribution in [-0.4, -0.2) is 88.8 Å². The van der Waals surface area contributed by atoms with Crippen molar-refractivity contribution in [2.24, 2.45) is 0 Å². The van der Waals surface area contributed by atoms with E-state index in [2.05, 4.69) is 64.6 Å². The Morgan fingerprint density at radius 2 is 1.22 bits per heavy atom. The highest BCUT2D eigenvalue weighted by molar-refractivity contribution is 6.28. The molecule has 4 N–H and O–H groups in total.